The van der Waals surface area contributed by atoms with E-state index in [-0.39, 0.29) is 24.2 Å². The van der Waals surface area contributed by atoms with Crippen LogP contribution in [-0.4, -0.2) is 22.5 Å². The number of carbonyl (C=O) groups is 2. The number of carboxylic acids is 1. The molecular weight excluding hydrogens is 224 g/mol. The number of phenols is 1. The lowest BCUT2D eigenvalue weighted by Crippen LogP contribution is -1.96. The van der Waals surface area contributed by atoms with E-state index in [0.29, 0.717) is 23.0 Å². The summed E-state index contributed by atoms with van der Waals surface area (Å²) in [5.41, 5.74) is 0.623. The van der Waals surface area contributed by atoms with Crippen LogP contribution in [0, 0.1) is 0 Å². The number of furan rings is 1. The van der Waals surface area contributed by atoms with E-state index in [9.17, 15) is 14.7 Å². The Bertz CT molecular complexity index is 582. The molecule has 0 bridgehead atoms. The van der Waals surface area contributed by atoms with Gasteiger partial charge in [-0.15, -0.1) is 0 Å². The van der Waals surface area contributed by atoms with Crippen LogP contribution < -0.4 is 0 Å². The third kappa shape index (κ3) is 2.13. The third-order valence-electron chi connectivity index (χ3n) is 2.47. The first-order chi connectivity index (χ1) is 8.11. The number of carbonyl (C=O) groups excluding carboxylic acids is 1. The van der Waals surface area contributed by atoms with Gasteiger partial charge in [0.2, 0.25) is 0 Å². The second-order valence-electron chi connectivity index (χ2n) is 3.63. The Hall–Kier alpha value is -2.30. The van der Waals surface area contributed by atoms with Gasteiger partial charge in [0.05, 0.1) is 12.0 Å². The van der Waals surface area contributed by atoms with E-state index in [0.717, 1.165) is 0 Å². The van der Waals surface area contributed by atoms with Crippen LogP contribution in [0.3, 0.4) is 0 Å². The van der Waals surface area contributed by atoms with Gasteiger partial charge >= 0.3 is 5.97 Å². The van der Waals surface area contributed by atoms with Crippen LogP contribution in [0.4, 0.5) is 0 Å². The molecule has 5 nitrogen and oxygen atoms in total. The number of rotatable bonds is 4. The van der Waals surface area contributed by atoms with E-state index < -0.39 is 5.97 Å². The molecule has 0 saturated heterocycles. The number of hydrogen-bond acceptors (Lipinski definition) is 4. The van der Waals surface area contributed by atoms with Gasteiger partial charge in [0.1, 0.15) is 17.1 Å². The van der Waals surface area contributed by atoms with E-state index >= 15 is 0 Å². The van der Waals surface area contributed by atoms with Crippen molar-refractivity contribution in [3.63, 3.8) is 0 Å². The molecule has 0 spiro atoms. The van der Waals surface area contributed by atoms with E-state index in [2.05, 4.69) is 0 Å². The number of carboxylic acid groups (broad SMARTS) is 1. The Labute approximate surface area is 96.3 Å². The van der Waals surface area contributed by atoms with Crippen LogP contribution >= 0.6 is 0 Å². The molecule has 2 N–H and O–H groups in total. The number of aliphatic carboxylic acids is 1. The number of aryl methyl sites for hydroxylation is 1. The quantitative estimate of drug-likeness (QED) is 0.789. The van der Waals surface area contributed by atoms with Gasteiger partial charge in [-0.3, -0.25) is 9.59 Å². The van der Waals surface area contributed by atoms with Crippen molar-refractivity contribution in [1.29, 1.82) is 0 Å². The molecule has 0 fully saturated rings. The topological polar surface area (TPSA) is 87.7 Å². The van der Waals surface area contributed by atoms with Crippen molar-refractivity contribution in [1.82, 2.24) is 0 Å². The first-order valence-corrected chi connectivity index (χ1v) is 5.03. The lowest BCUT2D eigenvalue weighted by Gasteiger charge is -1.96. The maximum atomic E-state index is 10.8. The number of hydrogen-bond donors (Lipinski definition) is 2. The van der Waals surface area contributed by atoms with E-state index in [4.69, 9.17) is 9.52 Å². The molecule has 5 heteroatoms. The molecule has 0 aliphatic carbocycles. The van der Waals surface area contributed by atoms with Gasteiger partial charge in [-0.1, -0.05) is 0 Å². The second-order valence-corrected chi connectivity index (χ2v) is 3.63. The fourth-order valence-electron chi connectivity index (χ4n) is 1.65. The van der Waals surface area contributed by atoms with Gasteiger partial charge in [-0.05, 0) is 18.2 Å². The van der Waals surface area contributed by atoms with Gasteiger partial charge in [0, 0.05) is 11.8 Å². The van der Waals surface area contributed by atoms with Crippen LogP contribution in [0.25, 0.3) is 11.0 Å². The fraction of sp³-hybridized carbons (Fsp3) is 0.167. The van der Waals surface area contributed by atoms with Crippen LogP contribution in [0.2, 0.25) is 0 Å². The predicted octanol–water partition coefficient (Wildman–Crippen LogP) is 1.97. The molecule has 88 valence electrons. The highest BCUT2D eigenvalue weighted by Gasteiger charge is 2.12. The van der Waals surface area contributed by atoms with Gasteiger partial charge < -0.3 is 14.6 Å². The molecule has 0 unspecified atom stereocenters. The van der Waals surface area contributed by atoms with Gasteiger partial charge in [-0.2, -0.15) is 0 Å². The Morgan fingerprint density at radius 2 is 2.18 bits per heavy atom. The molecule has 2 rings (SSSR count). The van der Waals surface area contributed by atoms with Crippen molar-refractivity contribution >= 4 is 23.2 Å². The van der Waals surface area contributed by atoms with Gasteiger partial charge in [0.25, 0.3) is 0 Å². The summed E-state index contributed by atoms with van der Waals surface area (Å²) in [5, 5.41) is 18.5. The summed E-state index contributed by atoms with van der Waals surface area (Å²) in [6.45, 7) is 0. The highest BCUT2D eigenvalue weighted by Crippen LogP contribution is 2.28. The molecule has 0 atom stereocenters. The molecule has 1 aromatic heterocycles. The Kier molecular flexibility index (Phi) is 2.82. The molecule has 1 aromatic carbocycles. The van der Waals surface area contributed by atoms with Gasteiger partial charge in [0.15, 0.2) is 6.29 Å². The molecule has 0 aliphatic heterocycles. The van der Waals surface area contributed by atoms with Crippen molar-refractivity contribution in [3.05, 3.63) is 29.5 Å². The lowest BCUT2D eigenvalue weighted by atomic mass is 10.1. The lowest BCUT2D eigenvalue weighted by molar-refractivity contribution is -0.137. The van der Waals surface area contributed by atoms with E-state index in [1.807, 2.05) is 0 Å². The average Bonchev–Trinajstić information content (AvgIpc) is 2.69. The number of fused-ring (bicyclic) bond motifs is 1. The minimum atomic E-state index is -0.913. The predicted molar refractivity (Wildman–Crippen MR) is 59.2 cm³/mol. The van der Waals surface area contributed by atoms with E-state index in [1.54, 1.807) is 12.1 Å². The van der Waals surface area contributed by atoms with Crippen molar-refractivity contribution in [2.24, 2.45) is 0 Å². The monoisotopic (exact) mass is 234 g/mol. The zero-order valence-electron chi connectivity index (χ0n) is 8.84. The number of phenolic OH excluding ortho intramolecular Hbond substituents is 1. The summed E-state index contributed by atoms with van der Waals surface area (Å²) in [6, 6.07) is 4.50. The summed E-state index contributed by atoms with van der Waals surface area (Å²) in [7, 11) is 0. The summed E-state index contributed by atoms with van der Waals surface area (Å²) in [6.07, 6.45) is 0.763. The molecular formula is C12H10O5. The van der Waals surface area contributed by atoms with Crippen molar-refractivity contribution in [2.75, 3.05) is 0 Å². The molecule has 17 heavy (non-hydrogen) atoms. The van der Waals surface area contributed by atoms with Crippen molar-refractivity contribution in [2.45, 2.75) is 12.8 Å². The maximum Gasteiger partial charge on any atom is 0.303 e. The van der Waals surface area contributed by atoms with Gasteiger partial charge in [-0.25, -0.2) is 0 Å². The molecule has 0 aliphatic rings. The van der Waals surface area contributed by atoms with Crippen LogP contribution in [0.5, 0.6) is 5.75 Å². The largest absolute Gasteiger partial charge is 0.507 e. The van der Waals surface area contributed by atoms with Crippen molar-refractivity contribution in [3.8, 4) is 5.75 Å². The first-order valence-electron chi connectivity index (χ1n) is 5.03. The minimum absolute atomic E-state index is 0.0395. The molecule has 1 heterocycles. The standard InChI is InChI=1S/C12H10O5/c13-6-9-8-5-7(1-4-12(15)16)17-11(8)3-2-10(9)14/h2-3,5-6,14H,1,4H2,(H,15,16). The summed E-state index contributed by atoms with van der Waals surface area (Å²) in [5.74, 6) is -0.543. The van der Waals surface area contributed by atoms with Crippen LogP contribution in [-0.2, 0) is 11.2 Å². The molecule has 0 amide bonds. The number of aromatic hydroxyl groups is 1. The second kappa shape index (κ2) is 4.29. The minimum Gasteiger partial charge on any atom is -0.507 e. The first kappa shape index (κ1) is 11.2. The van der Waals surface area contributed by atoms with E-state index in [1.165, 1.54) is 6.07 Å². The smallest absolute Gasteiger partial charge is 0.303 e. The Balaban J connectivity index is 2.43. The number of benzene rings is 1. The molecule has 0 saturated carbocycles. The SMILES string of the molecule is O=Cc1c(O)ccc2oc(CCC(=O)O)cc12. The van der Waals surface area contributed by atoms with Crippen molar-refractivity contribution < 1.29 is 24.2 Å². The third-order valence-corrected chi connectivity index (χ3v) is 2.47. The van der Waals surface area contributed by atoms with Crippen LogP contribution in [0.15, 0.2) is 22.6 Å². The highest BCUT2D eigenvalue weighted by molar-refractivity contribution is 5.99. The average molecular weight is 234 g/mol. The molecule has 0 radical (unpaired) electrons. The maximum absolute atomic E-state index is 10.8. The zero-order chi connectivity index (χ0) is 12.4. The fourth-order valence-corrected chi connectivity index (χ4v) is 1.65. The Morgan fingerprint density at radius 3 is 2.82 bits per heavy atom. The normalized spacial score (nSPS) is 10.6. The van der Waals surface area contributed by atoms with Crippen LogP contribution in [0.1, 0.15) is 22.5 Å². The highest BCUT2D eigenvalue weighted by atomic mass is 16.4. The summed E-state index contributed by atoms with van der Waals surface area (Å²) >= 11 is 0. The zero-order valence-corrected chi connectivity index (χ0v) is 8.84. The summed E-state index contributed by atoms with van der Waals surface area (Å²) < 4.78 is 5.38. The molecule has 2 aromatic rings. The summed E-state index contributed by atoms with van der Waals surface area (Å²) in [4.78, 5) is 21.2. The Morgan fingerprint density at radius 1 is 1.41 bits per heavy atom. The number of aldehydes is 1.